The van der Waals surface area contributed by atoms with Gasteiger partial charge in [0.25, 0.3) is 0 Å². The highest BCUT2D eigenvalue weighted by Crippen LogP contribution is 1.99. The van der Waals surface area contributed by atoms with E-state index in [4.69, 9.17) is 4.74 Å². The Bertz CT molecular complexity index is 104. The first-order valence-electron chi connectivity index (χ1n) is 5.48. The van der Waals surface area contributed by atoms with E-state index in [0.717, 1.165) is 32.1 Å². The highest BCUT2D eigenvalue weighted by molar-refractivity contribution is 4.57. The zero-order chi connectivity index (χ0) is 10.1. The Balaban J connectivity index is 3.06. The van der Waals surface area contributed by atoms with Gasteiger partial charge in [0, 0.05) is 19.3 Å². The molecule has 0 aromatic carbocycles. The van der Waals surface area contributed by atoms with Crippen LogP contribution in [0.5, 0.6) is 0 Å². The minimum absolute atomic E-state index is 0.587. The highest BCUT2D eigenvalue weighted by atomic mass is 16.5. The van der Waals surface area contributed by atoms with E-state index >= 15 is 0 Å². The van der Waals surface area contributed by atoms with Crippen molar-refractivity contribution in [3.8, 4) is 0 Å². The van der Waals surface area contributed by atoms with Gasteiger partial charge in [0.15, 0.2) is 0 Å². The molecular formula is C11H25NO. The van der Waals surface area contributed by atoms with Crippen LogP contribution in [-0.4, -0.2) is 25.8 Å². The number of hydrogen-bond acceptors (Lipinski definition) is 2. The van der Waals surface area contributed by atoms with Crippen LogP contribution in [0.3, 0.4) is 0 Å². The van der Waals surface area contributed by atoms with E-state index in [1.54, 1.807) is 0 Å². The molecule has 13 heavy (non-hydrogen) atoms. The molecule has 0 heterocycles. The lowest BCUT2D eigenvalue weighted by Crippen LogP contribution is -2.26. The summed E-state index contributed by atoms with van der Waals surface area (Å²) < 4.78 is 5.52. The van der Waals surface area contributed by atoms with Gasteiger partial charge in [0.2, 0.25) is 0 Å². The fourth-order valence-electron chi connectivity index (χ4n) is 1.13. The van der Waals surface area contributed by atoms with Crippen LogP contribution in [-0.2, 0) is 4.74 Å². The normalized spacial score (nSPS) is 13.6. The smallest absolute Gasteiger partial charge is 0.0480 e. The predicted octanol–water partition coefficient (Wildman–Crippen LogP) is 2.44. The van der Waals surface area contributed by atoms with Crippen LogP contribution in [0, 0.1) is 5.92 Å². The topological polar surface area (TPSA) is 21.3 Å². The van der Waals surface area contributed by atoms with Gasteiger partial charge in [0.05, 0.1) is 0 Å². The third-order valence-electron chi connectivity index (χ3n) is 2.09. The monoisotopic (exact) mass is 187 g/mol. The summed E-state index contributed by atoms with van der Waals surface area (Å²) in [6.07, 6.45) is 2.29. The first-order valence-corrected chi connectivity index (χ1v) is 5.48. The van der Waals surface area contributed by atoms with Crippen LogP contribution >= 0.6 is 0 Å². The second kappa shape index (κ2) is 8.52. The van der Waals surface area contributed by atoms with Gasteiger partial charge in [-0.1, -0.05) is 20.8 Å². The van der Waals surface area contributed by atoms with Gasteiger partial charge in [-0.25, -0.2) is 0 Å². The summed E-state index contributed by atoms with van der Waals surface area (Å²) >= 11 is 0. The quantitative estimate of drug-likeness (QED) is 0.589. The molecule has 0 amide bonds. The van der Waals surface area contributed by atoms with Gasteiger partial charge < -0.3 is 10.1 Å². The molecule has 0 aromatic heterocycles. The zero-order valence-corrected chi connectivity index (χ0v) is 9.60. The molecule has 0 aliphatic carbocycles. The number of ether oxygens (including phenoxy) is 1. The Labute approximate surface area is 83.1 Å². The van der Waals surface area contributed by atoms with Gasteiger partial charge in [-0.15, -0.1) is 0 Å². The largest absolute Gasteiger partial charge is 0.381 e. The van der Waals surface area contributed by atoms with Crippen molar-refractivity contribution >= 4 is 0 Å². The van der Waals surface area contributed by atoms with Gasteiger partial charge in [-0.2, -0.15) is 0 Å². The molecule has 0 rings (SSSR count). The minimum atomic E-state index is 0.587. The van der Waals surface area contributed by atoms with Crippen LogP contribution < -0.4 is 5.32 Å². The molecule has 2 heteroatoms. The molecule has 0 radical (unpaired) electrons. The summed E-state index contributed by atoms with van der Waals surface area (Å²) in [7, 11) is 0. The van der Waals surface area contributed by atoms with Crippen molar-refractivity contribution in [2.75, 3.05) is 19.8 Å². The minimum Gasteiger partial charge on any atom is -0.381 e. The zero-order valence-electron chi connectivity index (χ0n) is 9.60. The lowest BCUT2D eigenvalue weighted by atomic mass is 10.1. The molecule has 0 spiro atoms. The van der Waals surface area contributed by atoms with Crippen molar-refractivity contribution in [1.82, 2.24) is 5.32 Å². The average molecular weight is 187 g/mol. The second-order valence-corrected chi connectivity index (χ2v) is 4.04. The Morgan fingerprint density at radius 3 is 2.23 bits per heavy atom. The molecule has 0 saturated carbocycles. The summed E-state index contributed by atoms with van der Waals surface area (Å²) in [5.74, 6) is 0.756. The first kappa shape index (κ1) is 12.9. The molecule has 2 nitrogen and oxygen atoms in total. The predicted molar refractivity (Wildman–Crippen MR) is 58.0 cm³/mol. The molecular weight excluding hydrogens is 162 g/mol. The van der Waals surface area contributed by atoms with Crippen molar-refractivity contribution in [1.29, 1.82) is 0 Å². The van der Waals surface area contributed by atoms with E-state index in [-0.39, 0.29) is 0 Å². The molecule has 1 N–H and O–H groups in total. The third kappa shape index (κ3) is 9.84. The average Bonchev–Trinajstić information content (AvgIpc) is 2.03. The van der Waals surface area contributed by atoms with Gasteiger partial charge in [-0.3, -0.25) is 0 Å². The van der Waals surface area contributed by atoms with Crippen molar-refractivity contribution in [2.45, 2.75) is 46.6 Å². The van der Waals surface area contributed by atoms with Crippen molar-refractivity contribution in [3.63, 3.8) is 0 Å². The van der Waals surface area contributed by atoms with Crippen molar-refractivity contribution in [3.05, 3.63) is 0 Å². The van der Waals surface area contributed by atoms with Crippen LogP contribution in [0.1, 0.15) is 40.5 Å². The Hall–Kier alpha value is -0.0800. The Morgan fingerprint density at radius 1 is 1.08 bits per heavy atom. The molecule has 80 valence electrons. The molecule has 0 aliphatic heterocycles. The van der Waals surface area contributed by atoms with E-state index in [1.807, 2.05) is 0 Å². The van der Waals surface area contributed by atoms with Crippen molar-refractivity contribution < 1.29 is 4.74 Å². The standard InChI is InChI=1S/C11H25NO/c1-5-12-11(4)7-9-13-8-6-10(2)3/h10-12H,5-9H2,1-4H3. The Morgan fingerprint density at radius 2 is 1.69 bits per heavy atom. The molecule has 0 saturated heterocycles. The lowest BCUT2D eigenvalue weighted by Gasteiger charge is -2.12. The van der Waals surface area contributed by atoms with E-state index in [9.17, 15) is 0 Å². The lowest BCUT2D eigenvalue weighted by molar-refractivity contribution is 0.116. The van der Waals surface area contributed by atoms with Crippen LogP contribution in [0.15, 0.2) is 0 Å². The summed E-state index contributed by atoms with van der Waals surface area (Å²) in [6, 6.07) is 0.587. The molecule has 1 atom stereocenters. The first-order chi connectivity index (χ1) is 6.16. The molecule has 0 aliphatic rings. The highest BCUT2D eigenvalue weighted by Gasteiger charge is 1.99. The van der Waals surface area contributed by atoms with Crippen LogP contribution in [0.4, 0.5) is 0 Å². The van der Waals surface area contributed by atoms with Gasteiger partial charge in [0.1, 0.15) is 0 Å². The van der Waals surface area contributed by atoms with Crippen LogP contribution in [0.25, 0.3) is 0 Å². The summed E-state index contributed by atoms with van der Waals surface area (Å²) in [5, 5.41) is 3.37. The molecule has 0 aromatic rings. The molecule has 0 fully saturated rings. The third-order valence-corrected chi connectivity index (χ3v) is 2.09. The number of hydrogen-bond donors (Lipinski definition) is 1. The van der Waals surface area contributed by atoms with Gasteiger partial charge in [-0.05, 0) is 32.2 Å². The maximum absolute atomic E-state index is 5.52. The van der Waals surface area contributed by atoms with E-state index < -0.39 is 0 Å². The van der Waals surface area contributed by atoms with Crippen molar-refractivity contribution in [2.24, 2.45) is 5.92 Å². The summed E-state index contributed by atoms with van der Waals surface area (Å²) in [5.41, 5.74) is 0. The molecule has 0 bridgehead atoms. The maximum atomic E-state index is 5.52. The van der Waals surface area contributed by atoms with E-state index in [2.05, 4.69) is 33.0 Å². The van der Waals surface area contributed by atoms with Gasteiger partial charge >= 0.3 is 0 Å². The second-order valence-electron chi connectivity index (χ2n) is 4.04. The van der Waals surface area contributed by atoms with E-state index in [1.165, 1.54) is 6.42 Å². The fourth-order valence-corrected chi connectivity index (χ4v) is 1.13. The van der Waals surface area contributed by atoms with E-state index in [0.29, 0.717) is 6.04 Å². The fraction of sp³-hybridized carbons (Fsp3) is 1.00. The number of nitrogens with one attached hydrogen (secondary N) is 1. The number of rotatable bonds is 8. The van der Waals surface area contributed by atoms with Crippen LogP contribution in [0.2, 0.25) is 0 Å². The SMILES string of the molecule is CCNC(C)CCOCCC(C)C. The summed E-state index contributed by atoms with van der Waals surface area (Å²) in [4.78, 5) is 0. The molecule has 1 unspecified atom stereocenters. The summed E-state index contributed by atoms with van der Waals surface area (Å²) in [6.45, 7) is 11.6. The Kier molecular flexibility index (Phi) is 8.46. The maximum Gasteiger partial charge on any atom is 0.0480 e.